The fraction of sp³-hybridized carbons (Fsp3) is 0.471. The van der Waals surface area contributed by atoms with Gasteiger partial charge in [0.2, 0.25) is 5.91 Å². The van der Waals surface area contributed by atoms with Crippen LogP contribution in [0.4, 0.5) is 5.82 Å². The quantitative estimate of drug-likeness (QED) is 0.940. The maximum absolute atomic E-state index is 12.7. The van der Waals surface area contributed by atoms with Gasteiger partial charge in [-0.2, -0.15) is 0 Å². The lowest BCUT2D eigenvalue weighted by atomic mass is 10.1. The number of piperidine rings is 1. The zero-order valence-corrected chi connectivity index (χ0v) is 13.8. The number of carbonyl (C=O) groups is 1. The number of rotatable bonds is 3. The van der Waals surface area contributed by atoms with Crippen molar-refractivity contribution >= 4 is 34.2 Å². The Labute approximate surface area is 140 Å². The van der Waals surface area contributed by atoms with E-state index in [4.69, 9.17) is 11.6 Å². The van der Waals surface area contributed by atoms with Gasteiger partial charge < -0.3 is 10.2 Å². The Bertz CT molecular complexity index is 765. The van der Waals surface area contributed by atoms with Crippen LogP contribution in [0.15, 0.2) is 24.5 Å². The monoisotopic (exact) mass is 330 g/mol. The van der Waals surface area contributed by atoms with E-state index < -0.39 is 0 Å². The first-order valence-corrected chi connectivity index (χ1v) is 8.45. The molecule has 3 atom stereocenters. The van der Waals surface area contributed by atoms with Crippen LogP contribution < -0.4 is 5.32 Å². The predicted molar refractivity (Wildman–Crippen MR) is 90.4 cm³/mol. The van der Waals surface area contributed by atoms with E-state index in [0.717, 1.165) is 42.2 Å². The van der Waals surface area contributed by atoms with Gasteiger partial charge >= 0.3 is 0 Å². The molecular weight excluding hydrogens is 312 g/mol. The molecule has 6 heteroatoms. The number of nitrogens with zero attached hydrogens (tertiary/aromatic N) is 3. The Hall–Kier alpha value is -1.88. The van der Waals surface area contributed by atoms with Crippen molar-refractivity contribution in [3.63, 3.8) is 0 Å². The molecule has 1 aliphatic carbocycles. The number of fused-ring (bicyclic) bond motifs is 2. The first-order valence-electron chi connectivity index (χ1n) is 8.07. The van der Waals surface area contributed by atoms with Crippen molar-refractivity contribution in [2.75, 3.05) is 18.4 Å². The molecule has 0 unspecified atom stereocenters. The van der Waals surface area contributed by atoms with Crippen LogP contribution >= 0.6 is 11.6 Å². The number of aromatic nitrogens is 2. The number of anilines is 1. The molecule has 2 fully saturated rings. The molecule has 120 valence electrons. The Balaban J connectivity index is 1.51. The lowest BCUT2D eigenvalue weighted by Gasteiger charge is -2.29. The second kappa shape index (κ2) is 5.64. The molecule has 0 spiro atoms. The minimum absolute atomic E-state index is 0.149. The van der Waals surface area contributed by atoms with E-state index in [2.05, 4.69) is 15.3 Å². The minimum Gasteiger partial charge on any atom is -0.358 e. The number of benzene rings is 1. The third-order valence-electron chi connectivity index (χ3n) is 4.93. The summed E-state index contributed by atoms with van der Waals surface area (Å²) in [6.07, 6.45) is 3.94. The van der Waals surface area contributed by atoms with E-state index in [1.54, 1.807) is 6.07 Å². The van der Waals surface area contributed by atoms with Gasteiger partial charge in [0.25, 0.3) is 0 Å². The topological polar surface area (TPSA) is 58.1 Å². The van der Waals surface area contributed by atoms with E-state index in [0.29, 0.717) is 10.8 Å². The Morgan fingerprint density at radius 2 is 2.26 bits per heavy atom. The van der Waals surface area contributed by atoms with Crippen LogP contribution in [-0.2, 0) is 4.79 Å². The van der Waals surface area contributed by atoms with Crippen molar-refractivity contribution in [2.45, 2.75) is 25.8 Å². The SMILES string of the molecule is C[C@@H](Nc1ncnc2cc(Cl)ccc12)C(=O)N1CC[C@@H]2C[C@@H]2C1. The van der Waals surface area contributed by atoms with Crippen LogP contribution in [0.25, 0.3) is 10.9 Å². The van der Waals surface area contributed by atoms with Gasteiger partial charge in [-0.25, -0.2) is 9.97 Å². The minimum atomic E-state index is -0.306. The highest BCUT2D eigenvalue weighted by molar-refractivity contribution is 6.31. The van der Waals surface area contributed by atoms with Crippen molar-refractivity contribution in [3.8, 4) is 0 Å². The molecule has 4 rings (SSSR count). The number of nitrogens with one attached hydrogen (secondary N) is 1. The second-order valence-electron chi connectivity index (χ2n) is 6.58. The number of hydrogen-bond donors (Lipinski definition) is 1. The number of likely N-dealkylation sites (tertiary alicyclic amines) is 1. The Morgan fingerprint density at radius 3 is 3.09 bits per heavy atom. The summed E-state index contributed by atoms with van der Waals surface area (Å²) in [6, 6.07) is 5.18. The summed E-state index contributed by atoms with van der Waals surface area (Å²) < 4.78 is 0. The van der Waals surface area contributed by atoms with Crippen molar-refractivity contribution in [3.05, 3.63) is 29.5 Å². The van der Waals surface area contributed by atoms with E-state index >= 15 is 0 Å². The number of amides is 1. The van der Waals surface area contributed by atoms with Gasteiger partial charge in [0.05, 0.1) is 5.52 Å². The molecule has 1 saturated carbocycles. The smallest absolute Gasteiger partial charge is 0.244 e. The maximum atomic E-state index is 12.7. The predicted octanol–water partition coefficient (Wildman–Crippen LogP) is 2.95. The first-order chi connectivity index (χ1) is 11.1. The standard InChI is InChI=1S/C17H19ClN4O/c1-10(17(23)22-5-4-11-6-12(11)8-22)21-16-14-3-2-13(18)7-15(14)19-9-20-16/h2-3,7,9-12H,4-6,8H2,1H3,(H,19,20,21)/t10-,11-,12-/m1/s1. The van der Waals surface area contributed by atoms with E-state index in [1.807, 2.05) is 24.0 Å². The summed E-state index contributed by atoms with van der Waals surface area (Å²) in [7, 11) is 0. The summed E-state index contributed by atoms with van der Waals surface area (Å²) in [4.78, 5) is 23.2. The van der Waals surface area contributed by atoms with Crippen LogP contribution in [0.3, 0.4) is 0 Å². The molecule has 1 aliphatic heterocycles. The van der Waals surface area contributed by atoms with Crippen molar-refractivity contribution in [1.29, 1.82) is 0 Å². The highest BCUT2D eigenvalue weighted by atomic mass is 35.5. The van der Waals surface area contributed by atoms with Crippen LogP contribution in [0.1, 0.15) is 19.8 Å². The molecule has 0 radical (unpaired) electrons. The summed E-state index contributed by atoms with van der Waals surface area (Å²) in [5.74, 6) is 2.43. The van der Waals surface area contributed by atoms with Crippen LogP contribution in [0, 0.1) is 11.8 Å². The van der Waals surface area contributed by atoms with Crippen molar-refractivity contribution < 1.29 is 4.79 Å². The van der Waals surface area contributed by atoms with Crippen LogP contribution in [0.5, 0.6) is 0 Å². The Kier molecular flexibility index (Phi) is 3.60. The average molecular weight is 331 g/mol. The van der Waals surface area contributed by atoms with Gasteiger partial charge in [-0.15, -0.1) is 0 Å². The van der Waals surface area contributed by atoms with Crippen LogP contribution in [0.2, 0.25) is 5.02 Å². The van der Waals surface area contributed by atoms with Gasteiger partial charge in [-0.1, -0.05) is 11.6 Å². The highest BCUT2D eigenvalue weighted by Gasteiger charge is 2.43. The largest absolute Gasteiger partial charge is 0.358 e. The van der Waals surface area contributed by atoms with Gasteiger partial charge in [0, 0.05) is 23.5 Å². The van der Waals surface area contributed by atoms with Crippen molar-refractivity contribution in [2.24, 2.45) is 11.8 Å². The highest BCUT2D eigenvalue weighted by Crippen LogP contribution is 2.44. The molecule has 23 heavy (non-hydrogen) atoms. The van der Waals surface area contributed by atoms with Gasteiger partial charge in [0.15, 0.2) is 0 Å². The van der Waals surface area contributed by atoms with Crippen molar-refractivity contribution in [1.82, 2.24) is 14.9 Å². The van der Waals surface area contributed by atoms with Gasteiger partial charge in [-0.05, 0) is 49.8 Å². The summed E-state index contributed by atoms with van der Waals surface area (Å²) in [6.45, 7) is 3.69. The number of halogens is 1. The summed E-state index contributed by atoms with van der Waals surface area (Å²) in [5, 5.41) is 4.75. The Morgan fingerprint density at radius 1 is 1.39 bits per heavy atom. The number of carbonyl (C=O) groups excluding carboxylic acids is 1. The zero-order chi connectivity index (χ0) is 16.0. The van der Waals surface area contributed by atoms with E-state index in [-0.39, 0.29) is 11.9 Å². The molecule has 2 heterocycles. The molecule has 5 nitrogen and oxygen atoms in total. The second-order valence-corrected chi connectivity index (χ2v) is 7.01. The molecule has 2 aliphatic rings. The molecule has 1 amide bonds. The first kappa shape index (κ1) is 14.7. The molecular formula is C17H19ClN4O. The van der Waals surface area contributed by atoms with Crippen LogP contribution in [-0.4, -0.2) is 39.9 Å². The normalized spacial score (nSPS) is 24.2. The van der Waals surface area contributed by atoms with E-state index in [1.165, 1.54) is 12.7 Å². The summed E-state index contributed by atoms with van der Waals surface area (Å²) >= 11 is 6.00. The summed E-state index contributed by atoms with van der Waals surface area (Å²) in [5.41, 5.74) is 0.772. The lowest BCUT2D eigenvalue weighted by Crippen LogP contribution is -2.44. The third kappa shape index (κ3) is 2.85. The third-order valence-corrected chi connectivity index (χ3v) is 5.16. The van der Waals surface area contributed by atoms with Gasteiger partial charge in [0.1, 0.15) is 18.2 Å². The molecule has 2 aromatic rings. The molecule has 1 saturated heterocycles. The molecule has 0 bridgehead atoms. The number of hydrogen-bond acceptors (Lipinski definition) is 4. The fourth-order valence-electron chi connectivity index (χ4n) is 3.47. The maximum Gasteiger partial charge on any atom is 0.244 e. The van der Waals surface area contributed by atoms with E-state index in [9.17, 15) is 4.79 Å². The molecule has 1 aromatic carbocycles. The zero-order valence-electron chi connectivity index (χ0n) is 13.0. The average Bonchev–Trinajstić information content (AvgIpc) is 3.32. The molecule has 1 N–H and O–H groups in total. The lowest BCUT2D eigenvalue weighted by molar-refractivity contribution is -0.132. The molecule has 1 aromatic heterocycles. The van der Waals surface area contributed by atoms with Gasteiger partial charge in [-0.3, -0.25) is 4.79 Å². The fourth-order valence-corrected chi connectivity index (χ4v) is 3.64.